The lowest BCUT2D eigenvalue weighted by atomic mass is 10.2. The van der Waals surface area contributed by atoms with E-state index in [1.807, 2.05) is 48.5 Å². The Labute approximate surface area is 172 Å². The molecule has 0 aromatic heterocycles. The van der Waals surface area contributed by atoms with E-state index in [-0.39, 0.29) is 36.5 Å². The molecule has 0 amide bonds. The molecule has 3 rings (SSSR count). The summed E-state index contributed by atoms with van der Waals surface area (Å²) in [6.07, 6.45) is 1.07. The fourth-order valence-corrected chi connectivity index (χ4v) is 3.14. The fraction of sp³-hybridized carbons (Fsp3) is 0.263. The first kappa shape index (κ1) is 22.6. The third-order valence-corrected chi connectivity index (χ3v) is 4.58. The normalized spacial score (nSPS) is 13.8. The lowest BCUT2D eigenvalue weighted by Gasteiger charge is -2.25. The van der Waals surface area contributed by atoms with Crippen LogP contribution in [-0.4, -0.2) is 37.9 Å². The molecule has 0 spiro atoms. The number of anilines is 2. The number of amidine groups is 2. The molecule has 0 atom stereocenters. The molecular formula is C19H26Cl2N6. The predicted molar refractivity (Wildman–Crippen MR) is 118 cm³/mol. The number of hydrogen-bond donors (Lipinski definition) is 4. The summed E-state index contributed by atoms with van der Waals surface area (Å²) in [5, 5.41) is 15.0. The van der Waals surface area contributed by atoms with E-state index in [1.54, 1.807) is 0 Å². The summed E-state index contributed by atoms with van der Waals surface area (Å²) in [5.74, 6) is 0.199. The highest BCUT2D eigenvalue weighted by atomic mass is 35.5. The van der Waals surface area contributed by atoms with Crippen LogP contribution in [0.5, 0.6) is 0 Å². The second-order valence-corrected chi connectivity index (χ2v) is 6.25. The van der Waals surface area contributed by atoms with E-state index < -0.39 is 0 Å². The molecular weight excluding hydrogens is 383 g/mol. The highest BCUT2D eigenvalue weighted by Gasteiger charge is 2.16. The van der Waals surface area contributed by atoms with Gasteiger partial charge >= 0.3 is 0 Å². The molecule has 6 nitrogen and oxygen atoms in total. The van der Waals surface area contributed by atoms with Crippen LogP contribution in [0.2, 0.25) is 0 Å². The van der Waals surface area contributed by atoms with Gasteiger partial charge in [-0.25, -0.2) is 0 Å². The fourth-order valence-electron chi connectivity index (χ4n) is 3.14. The second-order valence-electron chi connectivity index (χ2n) is 6.25. The molecule has 1 aliphatic rings. The van der Waals surface area contributed by atoms with Gasteiger partial charge in [0.15, 0.2) is 0 Å². The molecule has 27 heavy (non-hydrogen) atoms. The van der Waals surface area contributed by atoms with E-state index in [9.17, 15) is 0 Å². The largest absolute Gasteiger partial charge is 0.384 e. The highest BCUT2D eigenvalue weighted by molar-refractivity contribution is 5.95. The average molecular weight is 409 g/mol. The molecule has 2 aromatic carbocycles. The first-order valence-corrected chi connectivity index (χ1v) is 8.43. The van der Waals surface area contributed by atoms with Crippen LogP contribution >= 0.6 is 24.8 Å². The van der Waals surface area contributed by atoms with Gasteiger partial charge in [0.25, 0.3) is 0 Å². The van der Waals surface area contributed by atoms with Gasteiger partial charge in [-0.3, -0.25) is 10.8 Å². The number of nitrogen functional groups attached to an aromatic ring is 2. The van der Waals surface area contributed by atoms with Gasteiger partial charge in [0.2, 0.25) is 0 Å². The molecule has 0 bridgehead atoms. The Hall–Kier alpha value is -2.44. The Bertz CT molecular complexity index is 695. The van der Waals surface area contributed by atoms with Gasteiger partial charge in [0.05, 0.1) is 0 Å². The van der Waals surface area contributed by atoms with Crippen LogP contribution < -0.4 is 21.3 Å². The van der Waals surface area contributed by atoms with Crippen LogP contribution in [0.25, 0.3) is 0 Å². The van der Waals surface area contributed by atoms with Crippen LogP contribution in [-0.2, 0) is 0 Å². The van der Waals surface area contributed by atoms with Crippen LogP contribution in [0.3, 0.4) is 0 Å². The molecule has 6 N–H and O–H groups in total. The number of benzene rings is 2. The minimum Gasteiger partial charge on any atom is -0.384 e. The van der Waals surface area contributed by atoms with Crippen LogP contribution in [0, 0.1) is 10.8 Å². The maximum Gasteiger partial charge on any atom is 0.122 e. The first-order valence-electron chi connectivity index (χ1n) is 8.43. The van der Waals surface area contributed by atoms with E-state index in [1.165, 1.54) is 11.4 Å². The van der Waals surface area contributed by atoms with Crippen LogP contribution in [0.1, 0.15) is 17.5 Å². The summed E-state index contributed by atoms with van der Waals surface area (Å²) in [5.41, 5.74) is 14.9. The van der Waals surface area contributed by atoms with Gasteiger partial charge in [-0.05, 0) is 55.0 Å². The third-order valence-electron chi connectivity index (χ3n) is 4.58. The molecule has 2 aromatic rings. The van der Waals surface area contributed by atoms with Gasteiger partial charge in [-0.2, -0.15) is 0 Å². The first-order chi connectivity index (χ1) is 12.0. The molecule has 0 unspecified atom stereocenters. The zero-order chi connectivity index (χ0) is 17.8. The maximum absolute atomic E-state index is 7.48. The molecule has 0 saturated carbocycles. The minimum absolute atomic E-state index is 0. The van der Waals surface area contributed by atoms with E-state index >= 15 is 0 Å². The molecule has 0 aliphatic carbocycles. The standard InChI is InChI=1S/C19H24N6.2ClH/c20-18(21)14-2-6-16(7-3-14)24-10-1-11-25(13-12-24)17-8-4-15(5-9-17)19(22)23;;/h2-9H,1,10-13H2,(H3,20,21)(H3,22,23);2*1H. The smallest absolute Gasteiger partial charge is 0.122 e. The highest BCUT2D eigenvalue weighted by Crippen LogP contribution is 2.21. The van der Waals surface area contributed by atoms with Crippen molar-refractivity contribution in [3.05, 3.63) is 59.7 Å². The molecule has 1 fully saturated rings. The van der Waals surface area contributed by atoms with Crippen molar-refractivity contribution in [1.82, 2.24) is 0 Å². The van der Waals surface area contributed by atoms with Crippen molar-refractivity contribution in [2.75, 3.05) is 36.0 Å². The van der Waals surface area contributed by atoms with Crippen LogP contribution in [0.4, 0.5) is 11.4 Å². The number of nitrogens with one attached hydrogen (secondary N) is 2. The van der Waals surface area contributed by atoms with E-state index in [4.69, 9.17) is 22.3 Å². The summed E-state index contributed by atoms with van der Waals surface area (Å²) < 4.78 is 0. The summed E-state index contributed by atoms with van der Waals surface area (Å²) in [7, 11) is 0. The van der Waals surface area contributed by atoms with Gasteiger partial charge in [0.1, 0.15) is 11.7 Å². The molecule has 0 radical (unpaired) electrons. The number of rotatable bonds is 4. The molecule has 1 saturated heterocycles. The van der Waals surface area contributed by atoms with Crippen molar-refractivity contribution >= 4 is 47.9 Å². The van der Waals surface area contributed by atoms with E-state index in [2.05, 4.69) is 9.80 Å². The molecule has 1 heterocycles. The van der Waals surface area contributed by atoms with Gasteiger partial charge in [-0.1, -0.05) is 0 Å². The minimum atomic E-state index is 0. The topological polar surface area (TPSA) is 106 Å². The van der Waals surface area contributed by atoms with Crippen molar-refractivity contribution in [2.45, 2.75) is 6.42 Å². The predicted octanol–water partition coefficient (Wildman–Crippen LogP) is 2.82. The second kappa shape index (κ2) is 10.0. The van der Waals surface area contributed by atoms with Crippen molar-refractivity contribution in [3.63, 3.8) is 0 Å². The Kier molecular flexibility index (Phi) is 8.40. The molecule has 8 heteroatoms. The monoisotopic (exact) mass is 408 g/mol. The molecule has 146 valence electrons. The van der Waals surface area contributed by atoms with Crippen molar-refractivity contribution in [3.8, 4) is 0 Å². The Morgan fingerprint density at radius 3 is 1.26 bits per heavy atom. The van der Waals surface area contributed by atoms with Crippen LogP contribution in [0.15, 0.2) is 48.5 Å². The Balaban J connectivity index is 0.00000182. The maximum atomic E-state index is 7.48. The summed E-state index contributed by atoms with van der Waals surface area (Å²) in [4.78, 5) is 4.74. The SMILES string of the molecule is Cl.Cl.N=C(N)c1ccc(N2CCCN(c3ccc(C(=N)N)cc3)CC2)cc1. The quantitative estimate of drug-likeness (QED) is 0.460. The van der Waals surface area contributed by atoms with Gasteiger partial charge in [-0.15, -0.1) is 24.8 Å². The van der Waals surface area contributed by atoms with E-state index in [0.29, 0.717) is 0 Å². The van der Waals surface area contributed by atoms with Gasteiger partial charge < -0.3 is 21.3 Å². The summed E-state index contributed by atoms with van der Waals surface area (Å²) >= 11 is 0. The number of halogens is 2. The number of nitrogens with two attached hydrogens (primary N) is 2. The zero-order valence-electron chi connectivity index (χ0n) is 15.0. The van der Waals surface area contributed by atoms with Gasteiger partial charge in [0, 0.05) is 48.7 Å². The van der Waals surface area contributed by atoms with Crippen molar-refractivity contribution < 1.29 is 0 Å². The lowest BCUT2D eigenvalue weighted by molar-refractivity contribution is 0.806. The number of nitrogens with zero attached hydrogens (tertiary/aromatic N) is 2. The average Bonchev–Trinajstić information content (AvgIpc) is 2.88. The third kappa shape index (κ3) is 5.52. The summed E-state index contributed by atoms with van der Waals surface area (Å²) in [6, 6.07) is 15.8. The lowest BCUT2D eigenvalue weighted by Crippen LogP contribution is -2.30. The zero-order valence-corrected chi connectivity index (χ0v) is 16.7. The van der Waals surface area contributed by atoms with Crippen molar-refractivity contribution in [2.24, 2.45) is 11.5 Å². The van der Waals surface area contributed by atoms with Crippen molar-refractivity contribution in [1.29, 1.82) is 10.8 Å². The molecule has 1 aliphatic heterocycles. The van der Waals surface area contributed by atoms with E-state index in [0.717, 1.165) is 43.7 Å². The Morgan fingerprint density at radius 1 is 0.630 bits per heavy atom. The Morgan fingerprint density at radius 2 is 0.963 bits per heavy atom. The number of hydrogen-bond acceptors (Lipinski definition) is 4. The summed E-state index contributed by atoms with van der Waals surface area (Å²) in [6.45, 7) is 3.88.